The van der Waals surface area contributed by atoms with Crippen molar-refractivity contribution in [2.24, 2.45) is 0 Å². The maximum absolute atomic E-state index is 12.1. The largest absolute Gasteiger partial charge is 0.497 e. The Morgan fingerprint density at radius 2 is 1.50 bits per heavy atom. The van der Waals surface area contributed by atoms with Crippen molar-refractivity contribution in [3.63, 3.8) is 0 Å². The third-order valence-electron chi connectivity index (χ3n) is 4.99. The first-order chi connectivity index (χ1) is 13.8. The molecule has 0 heterocycles. The molecule has 0 unspecified atom stereocenters. The van der Waals surface area contributed by atoms with Gasteiger partial charge in [-0.25, -0.2) is 10.2 Å². The molecule has 3 aromatic carbocycles. The fourth-order valence-corrected chi connectivity index (χ4v) is 3.60. The molecule has 0 atom stereocenters. The maximum Gasteiger partial charge on any atom is 0.421 e. The summed E-state index contributed by atoms with van der Waals surface area (Å²) in [7, 11) is 1.63. The Labute approximate surface area is 164 Å². The predicted octanol–water partition coefficient (Wildman–Crippen LogP) is 4.24. The Hall–Kier alpha value is -3.31. The minimum Gasteiger partial charge on any atom is -0.497 e. The van der Waals surface area contributed by atoms with E-state index < -0.39 is 6.09 Å². The molecule has 0 spiro atoms. The molecule has 5 nitrogen and oxygen atoms in total. The first-order valence-corrected chi connectivity index (χ1v) is 9.23. The number of hydrogen-bond acceptors (Lipinski definition) is 4. The lowest BCUT2D eigenvalue weighted by molar-refractivity contribution is 0.138. The van der Waals surface area contributed by atoms with E-state index in [1.165, 1.54) is 22.3 Å². The van der Waals surface area contributed by atoms with Crippen molar-refractivity contribution in [2.45, 2.75) is 12.5 Å². The Kier molecular flexibility index (Phi) is 5.26. The number of carbonyl (C=O) groups excluding carboxylic acids is 1. The van der Waals surface area contributed by atoms with Crippen LogP contribution in [0.5, 0.6) is 5.75 Å². The second-order valence-corrected chi connectivity index (χ2v) is 6.65. The van der Waals surface area contributed by atoms with Crippen molar-refractivity contribution in [1.29, 1.82) is 0 Å². The molecule has 0 saturated carbocycles. The van der Waals surface area contributed by atoms with Crippen molar-refractivity contribution < 1.29 is 14.3 Å². The molecule has 3 aromatic rings. The number of hydrogen-bond donors (Lipinski definition) is 2. The highest BCUT2D eigenvalue weighted by atomic mass is 16.6. The van der Waals surface area contributed by atoms with Gasteiger partial charge >= 0.3 is 6.09 Å². The predicted molar refractivity (Wildman–Crippen MR) is 108 cm³/mol. The molecule has 0 saturated heterocycles. The van der Waals surface area contributed by atoms with E-state index in [0.29, 0.717) is 13.2 Å². The van der Waals surface area contributed by atoms with Crippen LogP contribution in [0.15, 0.2) is 72.8 Å². The van der Waals surface area contributed by atoms with Crippen molar-refractivity contribution >= 4 is 6.09 Å². The van der Waals surface area contributed by atoms with Gasteiger partial charge in [0.15, 0.2) is 0 Å². The van der Waals surface area contributed by atoms with E-state index in [1.807, 2.05) is 48.5 Å². The zero-order chi connectivity index (χ0) is 19.3. The number of nitrogens with one attached hydrogen (secondary N) is 2. The normalized spacial score (nSPS) is 12.2. The van der Waals surface area contributed by atoms with Gasteiger partial charge in [-0.15, -0.1) is 0 Å². The zero-order valence-corrected chi connectivity index (χ0v) is 15.6. The third-order valence-corrected chi connectivity index (χ3v) is 4.99. The van der Waals surface area contributed by atoms with Gasteiger partial charge in [-0.2, -0.15) is 0 Å². The summed E-state index contributed by atoms with van der Waals surface area (Å²) in [6.07, 6.45) is -0.490. The smallest absolute Gasteiger partial charge is 0.421 e. The second kappa shape index (κ2) is 8.15. The lowest BCUT2D eigenvalue weighted by Gasteiger charge is -2.15. The minimum absolute atomic E-state index is 0.0553. The van der Waals surface area contributed by atoms with Crippen LogP contribution < -0.4 is 15.6 Å². The van der Waals surface area contributed by atoms with E-state index in [0.717, 1.165) is 11.3 Å². The summed E-state index contributed by atoms with van der Waals surface area (Å²) in [5.74, 6) is 0.855. The standard InChI is InChI=1S/C23H22N2O3/c1-27-17-12-10-16(11-13-17)14-24-25-23(26)28-15-22-20-8-4-2-6-18(20)19-7-3-5-9-21(19)22/h2-13,22,24H,14-15H2,1H3,(H,25,26). The molecule has 1 amide bonds. The fraction of sp³-hybridized carbons (Fsp3) is 0.174. The van der Waals surface area contributed by atoms with Crippen LogP contribution in [0.4, 0.5) is 4.79 Å². The van der Waals surface area contributed by atoms with Gasteiger partial charge in [0, 0.05) is 12.5 Å². The van der Waals surface area contributed by atoms with Gasteiger partial charge < -0.3 is 9.47 Å². The van der Waals surface area contributed by atoms with Crippen LogP contribution in [0.1, 0.15) is 22.6 Å². The van der Waals surface area contributed by atoms with Crippen molar-refractivity contribution in [3.05, 3.63) is 89.5 Å². The summed E-state index contributed by atoms with van der Waals surface area (Å²) in [6.45, 7) is 0.790. The first-order valence-electron chi connectivity index (χ1n) is 9.23. The number of fused-ring (bicyclic) bond motifs is 3. The average molecular weight is 374 g/mol. The summed E-state index contributed by atoms with van der Waals surface area (Å²) in [5.41, 5.74) is 11.3. The molecule has 0 fully saturated rings. The molecule has 1 aliphatic carbocycles. The second-order valence-electron chi connectivity index (χ2n) is 6.65. The van der Waals surface area contributed by atoms with Gasteiger partial charge in [0.2, 0.25) is 0 Å². The molecule has 142 valence electrons. The van der Waals surface area contributed by atoms with Crippen molar-refractivity contribution in [1.82, 2.24) is 10.9 Å². The fourth-order valence-electron chi connectivity index (χ4n) is 3.60. The number of carbonyl (C=O) groups is 1. The molecule has 28 heavy (non-hydrogen) atoms. The van der Waals surface area contributed by atoms with E-state index in [4.69, 9.17) is 9.47 Å². The maximum atomic E-state index is 12.1. The highest BCUT2D eigenvalue weighted by Gasteiger charge is 2.28. The van der Waals surface area contributed by atoms with Crippen molar-refractivity contribution in [3.8, 4) is 16.9 Å². The van der Waals surface area contributed by atoms with E-state index in [-0.39, 0.29) is 5.92 Å². The summed E-state index contributed by atoms with van der Waals surface area (Å²) >= 11 is 0. The van der Waals surface area contributed by atoms with E-state index in [9.17, 15) is 4.79 Å². The Morgan fingerprint density at radius 1 is 0.893 bits per heavy atom. The van der Waals surface area contributed by atoms with Crippen LogP contribution in [0.25, 0.3) is 11.1 Å². The van der Waals surface area contributed by atoms with Crippen LogP contribution in [0.2, 0.25) is 0 Å². The van der Waals surface area contributed by atoms with Gasteiger partial charge in [0.1, 0.15) is 12.4 Å². The topological polar surface area (TPSA) is 59.6 Å². The SMILES string of the molecule is COc1ccc(CNNC(=O)OCC2c3ccccc3-c3ccccc32)cc1. The summed E-state index contributed by atoms with van der Waals surface area (Å²) in [5, 5.41) is 0. The molecule has 0 aliphatic heterocycles. The number of amides is 1. The van der Waals surface area contributed by atoms with Gasteiger partial charge in [-0.05, 0) is 39.9 Å². The molecule has 5 heteroatoms. The zero-order valence-electron chi connectivity index (χ0n) is 15.6. The Bertz CT molecular complexity index is 924. The number of benzene rings is 3. The summed E-state index contributed by atoms with van der Waals surface area (Å²) in [4.78, 5) is 12.1. The quantitative estimate of drug-likeness (QED) is 0.634. The lowest BCUT2D eigenvalue weighted by Crippen LogP contribution is -2.37. The molecule has 0 aromatic heterocycles. The number of methoxy groups -OCH3 is 1. The van der Waals surface area contributed by atoms with Crippen LogP contribution in [0.3, 0.4) is 0 Å². The van der Waals surface area contributed by atoms with Crippen LogP contribution >= 0.6 is 0 Å². The average Bonchev–Trinajstić information content (AvgIpc) is 3.07. The summed E-state index contributed by atoms with van der Waals surface area (Å²) in [6, 6.07) is 24.2. The van der Waals surface area contributed by atoms with Gasteiger partial charge in [0.25, 0.3) is 0 Å². The molecular weight excluding hydrogens is 352 g/mol. The van der Waals surface area contributed by atoms with E-state index in [1.54, 1.807) is 7.11 Å². The van der Waals surface area contributed by atoms with Gasteiger partial charge in [0.05, 0.1) is 7.11 Å². The van der Waals surface area contributed by atoms with Crippen LogP contribution in [-0.2, 0) is 11.3 Å². The van der Waals surface area contributed by atoms with Crippen LogP contribution in [-0.4, -0.2) is 19.8 Å². The molecule has 0 radical (unpaired) electrons. The molecule has 1 aliphatic rings. The monoisotopic (exact) mass is 374 g/mol. The number of ether oxygens (including phenoxy) is 2. The minimum atomic E-state index is -0.490. The Morgan fingerprint density at radius 3 is 2.11 bits per heavy atom. The highest BCUT2D eigenvalue weighted by molar-refractivity contribution is 5.79. The molecule has 2 N–H and O–H groups in total. The van der Waals surface area contributed by atoms with E-state index >= 15 is 0 Å². The Balaban J connectivity index is 1.32. The van der Waals surface area contributed by atoms with Crippen LogP contribution in [0, 0.1) is 0 Å². The number of rotatable bonds is 6. The molecule has 0 bridgehead atoms. The van der Waals surface area contributed by atoms with E-state index in [2.05, 4.69) is 35.1 Å². The molecular formula is C23H22N2O3. The van der Waals surface area contributed by atoms with Crippen molar-refractivity contribution in [2.75, 3.05) is 13.7 Å². The van der Waals surface area contributed by atoms with Gasteiger partial charge in [-0.3, -0.25) is 5.43 Å². The van der Waals surface area contributed by atoms with Gasteiger partial charge in [-0.1, -0.05) is 60.7 Å². The lowest BCUT2D eigenvalue weighted by atomic mass is 9.98. The first kappa shape index (κ1) is 18.1. The molecule has 4 rings (SSSR count). The highest BCUT2D eigenvalue weighted by Crippen LogP contribution is 2.44. The third kappa shape index (κ3) is 3.70. The summed E-state index contributed by atoms with van der Waals surface area (Å²) < 4.78 is 10.6. The number of hydrazine groups is 1.